The van der Waals surface area contributed by atoms with E-state index >= 15 is 0 Å². The smallest absolute Gasteiger partial charge is 0.311 e. The van der Waals surface area contributed by atoms with Crippen molar-refractivity contribution >= 4 is 11.9 Å². The van der Waals surface area contributed by atoms with Crippen LogP contribution in [0.3, 0.4) is 0 Å². The van der Waals surface area contributed by atoms with Crippen molar-refractivity contribution in [3.63, 3.8) is 0 Å². The largest absolute Gasteiger partial charge is 0.481 e. The number of unbranched alkanes of at least 4 members (excludes halogenated alkanes) is 10. The highest BCUT2D eigenvalue weighted by atomic mass is 16.4. The van der Waals surface area contributed by atoms with Crippen LogP contribution in [0.25, 0.3) is 0 Å². The molecule has 174 valence electrons. The average molecular weight is 423 g/mol. The van der Waals surface area contributed by atoms with Gasteiger partial charge in [-0.05, 0) is 31.6 Å². The normalized spacial score (nSPS) is 23.7. The van der Waals surface area contributed by atoms with Crippen molar-refractivity contribution in [3.8, 4) is 0 Å². The maximum atomic E-state index is 12.2. The van der Waals surface area contributed by atoms with Gasteiger partial charge in [-0.2, -0.15) is 0 Å². The van der Waals surface area contributed by atoms with Crippen LogP contribution in [0.1, 0.15) is 124 Å². The minimum Gasteiger partial charge on any atom is -0.481 e. The summed E-state index contributed by atoms with van der Waals surface area (Å²) in [6.45, 7) is 6.40. The average Bonchev–Trinajstić information content (AvgIpc) is 2.71. The zero-order chi connectivity index (χ0) is 22.5. The van der Waals surface area contributed by atoms with Crippen LogP contribution in [-0.4, -0.2) is 22.2 Å². The summed E-state index contributed by atoms with van der Waals surface area (Å²) in [6.07, 6.45) is 20.0. The Labute approximate surface area is 184 Å². The molecule has 2 atom stereocenters. The molecule has 1 aliphatic carbocycles. The Balaban J connectivity index is 2.26. The lowest BCUT2D eigenvalue weighted by molar-refractivity contribution is -0.176. The van der Waals surface area contributed by atoms with E-state index in [4.69, 9.17) is 0 Å². The zero-order valence-corrected chi connectivity index (χ0v) is 19.8. The molecule has 2 N–H and O–H groups in total. The maximum absolute atomic E-state index is 12.2. The van der Waals surface area contributed by atoms with E-state index in [-0.39, 0.29) is 0 Å². The van der Waals surface area contributed by atoms with Crippen molar-refractivity contribution in [1.29, 1.82) is 0 Å². The van der Waals surface area contributed by atoms with Crippen molar-refractivity contribution in [2.45, 2.75) is 124 Å². The number of aliphatic carboxylic acids is 2. The fourth-order valence-electron chi connectivity index (χ4n) is 5.20. The van der Waals surface area contributed by atoms with E-state index in [1.165, 1.54) is 57.8 Å². The first-order chi connectivity index (χ1) is 14.3. The van der Waals surface area contributed by atoms with Gasteiger partial charge in [0.25, 0.3) is 0 Å². The van der Waals surface area contributed by atoms with Gasteiger partial charge in [0.2, 0.25) is 0 Å². The van der Waals surface area contributed by atoms with Crippen molar-refractivity contribution in [1.82, 2.24) is 0 Å². The molecule has 2 unspecified atom stereocenters. The Morgan fingerprint density at radius 3 is 1.53 bits per heavy atom. The van der Waals surface area contributed by atoms with Gasteiger partial charge < -0.3 is 10.2 Å². The predicted molar refractivity (Wildman–Crippen MR) is 124 cm³/mol. The second-order valence-corrected chi connectivity index (χ2v) is 9.83. The topological polar surface area (TPSA) is 74.6 Å². The van der Waals surface area contributed by atoms with Crippen LogP contribution in [0.5, 0.6) is 0 Å². The van der Waals surface area contributed by atoms with Gasteiger partial charge in [0.15, 0.2) is 0 Å². The van der Waals surface area contributed by atoms with E-state index in [0.29, 0.717) is 25.7 Å². The first-order valence-electron chi connectivity index (χ1n) is 12.4. The summed E-state index contributed by atoms with van der Waals surface area (Å²) in [7, 11) is 0. The summed E-state index contributed by atoms with van der Waals surface area (Å²) < 4.78 is 0. The minimum atomic E-state index is -1.18. The molecule has 0 amide bonds. The maximum Gasteiger partial charge on any atom is 0.311 e. The Morgan fingerprint density at radius 2 is 1.13 bits per heavy atom. The summed E-state index contributed by atoms with van der Waals surface area (Å²) in [5.41, 5.74) is -2.35. The molecule has 0 aliphatic heterocycles. The Bertz CT molecular complexity index is 539. The molecule has 0 aromatic carbocycles. The van der Waals surface area contributed by atoms with Gasteiger partial charge in [-0.15, -0.1) is 0 Å². The van der Waals surface area contributed by atoms with Crippen molar-refractivity contribution in [2.75, 3.05) is 0 Å². The number of allylic oxidation sites excluding steroid dienone is 2. The molecule has 4 heteroatoms. The van der Waals surface area contributed by atoms with E-state index in [1.807, 2.05) is 19.1 Å². The number of carboxylic acids is 2. The molecule has 0 heterocycles. The molecule has 0 saturated carbocycles. The Hall–Kier alpha value is -1.32. The van der Waals surface area contributed by atoms with Crippen LogP contribution in [0.4, 0.5) is 0 Å². The molecule has 0 aromatic rings. The number of carboxylic acid groups (broad SMARTS) is 2. The lowest BCUT2D eigenvalue weighted by atomic mass is 9.54. The Morgan fingerprint density at radius 1 is 0.733 bits per heavy atom. The van der Waals surface area contributed by atoms with Crippen molar-refractivity contribution in [2.24, 2.45) is 16.7 Å². The fourth-order valence-corrected chi connectivity index (χ4v) is 5.20. The van der Waals surface area contributed by atoms with Gasteiger partial charge in [0.1, 0.15) is 0 Å². The molecule has 1 rings (SSSR count). The molecule has 1 aliphatic rings. The molecule has 0 radical (unpaired) electrons. The van der Waals surface area contributed by atoms with Crippen LogP contribution in [0.15, 0.2) is 12.2 Å². The summed E-state index contributed by atoms with van der Waals surface area (Å²) in [5.74, 6) is -1.07. The fraction of sp³-hybridized carbons (Fsp3) is 0.846. The third kappa shape index (κ3) is 7.42. The van der Waals surface area contributed by atoms with E-state index in [0.717, 1.165) is 25.2 Å². The minimum absolute atomic E-state index is 0.322. The number of hydrogen-bond donors (Lipinski definition) is 2. The first-order valence-corrected chi connectivity index (χ1v) is 12.4. The van der Waals surface area contributed by atoms with E-state index in [2.05, 4.69) is 13.8 Å². The van der Waals surface area contributed by atoms with Crippen LogP contribution in [-0.2, 0) is 9.59 Å². The molecule has 0 saturated heterocycles. The summed E-state index contributed by atoms with van der Waals surface area (Å²) in [6, 6.07) is 0. The number of hydrogen-bond acceptors (Lipinski definition) is 2. The van der Waals surface area contributed by atoms with Gasteiger partial charge in [-0.1, -0.05) is 110 Å². The molecular formula is C26H46O4. The zero-order valence-electron chi connectivity index (χ0n) is 19.8. The van der Waals surface area contributed by atoms with Gasteiger partial charge >= 0.3 is 11.9 Å². The number of rotatable bonds is 17. The van der Waals surface area contributed by atoms with Gasteiger partial charge in [0, 0.05) is 0 Å². The van der Waals surface area contributed by atoms with Crippen LogP contribution in [0, 0.1) is 16.7 Å². The second kappa shape index (κ2) is 13.9. The van der Waals surface area contributed by atoms with Crippen LogP contribution < -0.4 is 0 Å². The molecule has 0 bridgehead atoms. The monoisotopic (exact) mass is 422 g/mol. The highest BCUT2D eigenvalue weighted by molar-refractivity contribution is 5.87. The van der Waals surface area contributed by atoms with E-state index in [9.17, 15) is 19.8 Å². The van der Waals surface area contributed by atoms with Crippen LogP contribution >= 0.6 is 0 Å². The standard InChI is InChI=1S/C26H46O4/c1-4-25(23(27)28)19-16-17-21-26(25,24(29)30)20-15-13-11-9-7-5-6-8-10-12-14-18-22(2)3/h16-17,22H,4-15,18-21H2,1-3H3,(H,27,28)(H,29,30). The third-order valence-corrected chi connectivity index (χ3v) is 7.32. The predicted octanol–water partition coefficient (Wildman–Crippen LogP) is 7.62. The SMILES string of the molecule is CCC1(C(=O)O)CC=CCC1(CCCCCCCCCCCCCC(C)C)C(=O)O. The molecule has 0 spiro atoms. The summed E-state index contributed by atoms with van der Waals surface area (Å²) >= 11 is 0. The van der Waals surface area contributed by atoms with Crippen LogP contribution in [0.2, 0.25) is 0 Å². The van der Waals surface area contributed by atoms with E-state index in [1.54, 1.807) is 0 Å². The summed E-state index contributed by atoms with van der Waals surface area (Å²) in [5, 5.41) is 19.9. The third-order valence-electron chi connectivity index (χ3n) is 7.32. The van der Waals surface area contributed by atoms with Gasteiger partial charge in [-0.3, -0.25) is 9.59 Å². The Kier molecular flexibility index (Phi) is 12.4. The molecular weight excluding hydrogens is 376 g/mol. The quantitative estimate of drug-likeness (QED) is 0.187. The number of carbonyl (C=O) groups is 2. The van der Waals surface area contributed by atoms with E-state index < -0.39 is 22.8 Å². The summed E-state index contributed by atoms with van der Waals surface area (Å²) in [4.78, 5) is 24.3. The molecule has 0 fully saturated rings. The van der Waals surface area contributed by atoms with Gasteiger partial charge in [-0.25, -0.2) is 0 Å². The molecule has 0 aromatic heterocycles. The van der Waals surface area contributed by atoms with Crippen molar-refractivity contribution < 1.29 is 19.8 Å². The second-order valence-electron chi connectivity index (χ2n) is 9.83. The lowest BCUT2D eigenvalue weighted by Crippen LogP contribution is -2.53. The lowest BCUT2D eigenvalue weighted by Gasteiger charge is -2.46. The van der Waals surface area contributed by atoms with Gasteiger partial charge in [0.05, 0.1) is 10.8 Å². The van der Waals surface area contributed by atoms with Crippen molar-refractivity contribution in [3.05, 3.63) is 12.2 Å². The highest BCUT2D eigenvalue weighted by Crippen LogP contribution is 2.54. The molecule has 30 heavy (non-hydrogen) atoms. The highest BCUT2D eigenvalue weighted by Gasteiger charge is 2.59. The first kappa shape index (κ1) is 26.7. The molecule has 4 nitrogen and oxygen atoms in total.